The SMILES string of the molecule is COc1cc2nccc(Oc3ccc4ccc(C(=O)Nc5ccc(C(C)(OC)OC)cc5)cc4c3)c2cc1OC. The van der Waals surface area contributed by atoms with Crippen molar-refractivity contribution >= 4 is 33.3 Å². The number of amides is 1. The lowest BCUT2D eigenvalue weighted by Crippen LogP contribution is -2.26. The van der Waals surface area contributed by atoms with Crippen LogP contribution in [0.15, 0.2) is 85.1 Å². The van der Waals surface area contributed by atoms with E-state index in [-0.39, 0.29) is 5.91 Å². The molecule has 0 radical (unpaired) electrons. The number of aromatic nitrogens is 1. The van der Waals surface area contributed by atoms with Crippen molar-refractivity contribution in [1.29, 1.82) is 0 Å². The molecule has 0 bridgehead atoms. The molecular formula is C32H30N2O6. The average molecular weight is 539 g/mol. The van der Waals surface area contributed by atoms with Gasteiger partial charge in [0, 0.05) is 48.7 Å². The Morgan fingerprint density at radius 1 is 0.750 bits per heavy atom. The lowest BCUT2D eigenvalue weighted by Gasteiger charge is -2.26. The fourth-order valence-electron chi connectivity index (χ4n) is 4.47. The predicted molar refractivity (Wildman–Crippen MR) is 155 cm³/mol. The number of benzene rings is 4. The van der Waals surface area contributed by atoms with Gasteiger partial charge in [-0.25, -0.2) is 0 Å². The molecule has 0 saturated carbocycles. The van der Waals surface area contributed by atoms with Crippen molar-refractivity contribution in [2.75, 3.05) is 33.8 Å². The fourth-order valence-corrected chi connectivity index (χ4v) is 4.47. The van der Waals surface area contributed by atoms with Crippen LogP contribution in [-0.4, -0.2) is 39.3 Å². The van der Waals surface area contributed by atoms with E-state index >= 15 is 0 Å². The van der Waals surface area contributed by atoms with Gasteiger partial charge in [0.05, 0.1) is 19.7 Å². The Hall–Kier alpha value is -4.66. The molecule has 4 aromatic carbocycles. The van der Waals surface area contributed by atoms with Gasteiger partial charge in [0.2, 0.25) is 0 Å². The highest BCUT2D eigenvalue weighted by atomic mass is 16.7. The fraction of sp³-hybridized carbons (Fsp3) is 0.188. The van der Waals surface area contributed by atoms with Gasteiger partial charge in [-0.15, -0.1) is 0 Å². The second kappa shape index (κ2) is 11.2. The molecular weight excluding hydrogens is 508 g/mol. The van der Waals surface area contributed by atoms with Crippen molar-refractivity contribution in [3.05, 3.63) is 96.2 Å². The molecule has 8 nitrogen and oxygen atoms in total. The summed E-state index contributed by atoms with van der Waals surface area (Å²) in [6, 6.07) is 24.1. The third-order valence-electron chi connectivity index (χ3n) is 6.95. The molecule has 1 heterocycles. The second-order valence-corrected chi connectivity index (χ2v) is 9.24. The highest BCUT2D eigenvalue weighted by Gasteiger charge is 2.25. The molecule has 1 amide bonds. The standard InChI is InChI=1S/C32H30N2O6/c1-32(38-4,39-5)23-9-11-24(12-10-23)34-31(35)21-7-6-20-8-13-25(17-22(20)16-21)40-28-14-15-33-27-19-30(37-3)29(36-2)18-26(27)28/h6-19H,1-5H3,(H,34,35). The number of carbonyl (C=O) groups excluding carboxylic acids is 1. The predicted octanol–water partition coefficient (Wildman–Crippen LogP) is 6.92. The number of ether oxygens (including phenoxy) is 5. The lowest BCUT2D eigenvalue weighted by atomic mass is 10.1. The Kier molecular flexibility index (Phi) is 7.55. The van der Waals surface area contributed by atoms with Crippen LogP contribution >= 0.6 is 0 Å². The van der Waals surface area contributed by atoms with E-state index < -0.39 is 5.79 Å². The first kappa shape index (κ1) is 26.9. The van der Waals surface area contributed by atoms with Gasteiger partial charge in [-0.2, -0.15) is 0 Å². The molecule has 1 aromatic heterocycles. The lowest BCUT2D eigenvalue weighted by molar-refractivity contribution is -0.201. The highest BCUT2D eigenvalue weighted by Crippen LogP contribution is 2.37. The molecule has 0 aliphatic rings. The number of pyridine rings is 1. The van der Waals surface area contributed by atoms with Crippen molar-refractivity contribution in [3.8, 4) is 23.0 Å². The summed E-state index contributed by atoms with van der Waals surface area (Å²) in [6.45, 7) is 1.83. The van der Waals surface area contributed by atoms with Crippen molar-refractivity contribution < 1.29 is 28.5 Å². The van der Waals surface area contributed by atoms with Gasteiger partial charge in [-0.05, 0) is 66.2 Å². The number of hydrogen-bond donors (Lipinski definition) is 1. The quantitative estimate of drug-likeness (QED) is 0.204. The Bertz CT molecular complexity index is 1680. The molecule has 0 aliphatic heterocycles. The van der Waals surface area contributed by atoms with Crippen LogP contribution in [-0.2, 0) is 15.3 Å². The van der Waals surface area contributed by atoms with E-state index in [2.05, 4.69) is 10.3 Å². The zero-order valence-electron chi connectivity index (χ0n) is 23.0. The second-order valence-electron chi connectivity index (χ2n) is 9.24. The zero-order chi connectivity index (χ0) is 28.3. The minimum Gasteiger partial charge on any atom is -0.493 e. The van der Waals surface area contributed by atoms with E-state index in [9.17, 15) is 4.79 Å². The average Bonchev–Trinajstić information content (AvgIpc) is 3.00. The van der Waals surface area contributed by atoms with Crippen LogP contribution in [0.1, 0.15) is 22.8 Å². The summed E-state index contributed by atoms with van der Waals surface area (Å²) in [5.74, 6) is 1.35. The smallest absolute Gasteiger partial charge is 0.255 e. The van der Waals surface area contributed by atoms with Gasteiger partial charge in [-0.1, -0.05) is 24.3 Å². The van der Waals surface area contributed by atoms with Crippen molar-refractivity contribution in [1.82, 2.24) is 4.98 Å². The first-order valence-corrected chi connectivity index (χ1v) is 12.6. The molecule has 0 fully saturated rings. The topological polar surface area (TPSA) is 88.1 Å². The number of rotatable bonds is 9. The van der Waals surface area contributed by atoms with Gasteiger partial charge in [0.25, 0.3) is 5.91 Å². The van der Waals surface area contributed by atoms with E-state index in [1.165, 1.54) is 0 Å². The van der Waals surface area contributed by atoms with Gasteiger partial charge < -0.3 is 29.0 Å². The van der Waals surface area contributed by atoms with Crippen LogP contribution < -0.4 is 19.5 Å². The molecule has 204 valence electrons. The number of nitrogens with zero attached hydrogens (tertiary/aromatic N) is 1. The molecule has 5 rings (SSSR count). The van der Waals surface area contributed by atoms with Gasteiger partial charge in [0.1, 0.15) is 11.5 Å². The summed E-state index contributed by atoms with van der Waals surface area (Å²) in [4.78, 5) is 17.5. The van der Waals surface area contributed by atoms with E-state index in [1.807, 2.05) is 73.7 Å². The van der Waals surface area contributed by atoms with Crippen LogP contribution in [0, 0.1) is 0 Å². The van der Waals surface area contributed by atoms with Crippen LogP contribution in [0.2, 0.25) is 0 Å². The Morgan fingerprint density at radius 3 is 2.15 bits per heavy atom. The van der Waals surface area contributed by atoms with Crippen LogP contribution in [0.5, 0.6) is 23.0 Å². The molecule has 5 aromatic rings. The molecule has 0 atom stereocenters. The Labute approximate surface area is 232 Å². The number of fused-ring (bicyclic) bond motifs is 2. The summed E-state index contributed by atoms with van der Waals surface area (Å²) >= 11 is 0. The maximum Gasteiger partial charge on any atom is 0.255 e. The number of nitrogens with one attached hydrogen (secondary N) is 1. The summed E-state index contributed by atoms with van der Waals surface area (Å²) in [6.07, 6.45) is 1.69. The molecule has 0 unspecified atom stereocenters. The third-order valence-corrected chi connectivity index (χ3v) is 6.95. The highest BCUT2D eigenvalue weighted by molar-refractivity contribution is 6.06. The zero-order valence-corrected chi connectivity index (χ0v) is 23.0. The number of carbonyl (C=O) groups is 1. The molecule has 1 N–H and O–H groups in total. The first-order chi connectivity index (χ1) is 19.4. The number of methoxy groups -OCH3 is 4. The van der Waals surface area contributed by atoms with E-state index in [4.69, 9.17) is 23.7 Å². The molecule has 40 heavy (non-hydrogen) atoms. The van der Waals surface area contributed by atoms with Gasteiger partial charge in [-0.3, -0.25) is 9.78 Å². The van der Waals surface area contributed by atoms with E-state index in [1.54, 1.807) is 46.8 Å². The minimum absolute atomic E-state index is 0.219. The van der Waals surface area contributed by atoms with E-state index in [0.29, 0.717) is 34.2 Å². The van der Waals surface area contributed by atoms with E-state index in [0.717, 1.165) is 27.2 Å². The maximum atomic E-state index is 13.1. The molecule has 0 saturated heterocycles. The normalized spacial score (nSPS) is 11.4. The van der Waals surface area contributed by atoms with Crippen molar-refractivity contribution in [2.24, 2.45) is 0 Å². The van der Waals surface area contributed by atoms with Crippen molar-refractivity contribution in [3.63, 3.8) is 0 Å². The van der Waals surface area contributed by atoms with Crippen LogP contribution in [0.4, 0.5) is 5.69 Å². The Balaban J connectivity index is 1.38. The van der Waals surface area contributed by atoms with Gasteiger partial charge in [0.15, 0.2) is 17.3 Å². The van der Waals surface area contributed by atoms with Gasteiger partial charge >= 0.3 is 0 Å². The van der Waals surface area contributed by atoms with Crippen LogP contribution in [0.25, 0.3) is 21.7 Å². The maximum absolute atomic E-state index is 13.1. The molecule has 0 aliphatic carbocycles. The summed E-state index contributed by atoms with van der Waals surface area (Å²) in [5, 5.41) is 5.59. The molecule has 8 heteroatoms. The number of anilines is 1. The van der Waals surface area contributed by atoms with Crippen LogP contribution in [0.3, 0.4) is 0 Å². The number of hydrogen-bond acceptors (Lipinski definition) is 7. The monoisotopic (exact) mass is 538 g/mol. The molecule has 0 spiro atoms. The Morgan fingerprint density at radius 2 is 1.45 bits per heavy atom. The summed E-state index contributed by atoms with van der Waals surface area (Å²) in [7, 11) is 6.35. The van der Waals surface area contributed by atoms with Crippen molar-refractivity contribution in [2.45, 2.75) is 12.7 Å². The summed E-state index contributed by atoms with van der Waals surface area (Å²) < 4.78 is 28.0. The largest absolute Gasteiger partial charge is 0.493 e. The minimum atomic E-state index is -0.859. The third kappa shape index (κ3) is 5.27. The summed E-state index contributed by atoms with van der Waals surface area (Å²) in [5.41, 5.74) is 2.75. The first-order valence-electron chi connectivity index (χ1n) is 12.6.